The van der Waals surface area contributed by atoms with E-state index in [9.17, 15) is 43.3 Å². The van der Waals surface area contributed by atoms with E-state index in [0.717, 1.165) is 24.0 Å². The average Bonchev–Trinajstić information content (AvgIpc) is 3.59. The molecule has 8 saturated heterocycles. The summed E-state index contributed by atoms with van der Waals surface area (Å²) in [6, 6.07) is 0. The first-order chi connectivity index (χ1) is 33.9. The quantitative estimate of drug-likeness (QED) is 0.0927. The lowest BCUT2D eigenvalue weighted by Gasteiger charge is -2.54. The Hall–Kier alpha value is -2.06. The van der Waals surface area contributed by atoms with Crippen LogP contribution in [-0.4, -0.2) is 183 Å². The summed E-state index contributed by atoms with van der Waals surface area (Å²) in [4.78, 5) is 13.0. The fourth-order valence-electron chi connectivity index (χ4n) is 13.4. The Morgan fingerprint density at radius 3 is 2.24 bits per heavy atom. The first kappa shape index (κ1) is 54.7. The van der Waals surface area contributed by atoms with E-state index in [0.29, 0.717) is 57.8 Å². The Kier molecular flexibility index (Phi) is 16.0. The van der Waals surface area contributed by atoms with Crippen molar-refractivity contribution in [2.75, 3.05) is 6.61 Å². The van der Waals surface area contributed by atoms with Crippen LogP contribution in [0.4, 0.5) is 0 Å². The summed E-state index contributed by atoms with van der Waals surface area (Å²) < 4.78 is 99.6. The third-order valence-corrected chi connectivity index (χ3v) is 17.7. The number of carbonyl (C=O) groups is 1. The van der Waals surface area contributed by atoms with E-state index in [2.05, 4.69) is 33.9 Å². The van der Waals surface area contributed by atoms with Crippen LogP contribution >= 0.6 is 0 Å². The molecule has 9 aliphatic heterocycles. The third kappa shape index (κ3) is 11.3. The van der Waals surface area contributed by atoms with Gasteiger partial charge in [-0.2, -0.15) is 8.42 Å². The minimum absolute atomic E-state index is 0.0173. The molecule has 0 aromatic heterocycles. The van der Waals surface area contributed by atoms with Crippen LogP contribution in [0.1, 0.15) is 125 Å². The van der Waals surface area contributed by atoms with Crippen molar-refractivity contribution >= 4 is 16.2 Å². The highest BCUT2D eigenvalue weighted by Gasteiger charge is 2.62. The van der Waals surface area contributed by atoms with Crippen molar-refractivity contribution in [1.29, 1.82) is 0 Å². The van der Waals surface area contributed by atoms with Crippen molar-refractivity contribution in [3.63, 3.8) is 0 Å². The van der Waals surface area contributed by atoms with Gasteiger partial charge in [0, 0.05) is 44.9 Å². The Labute approximate surface area is 423 Å². The van der Waals surface area contributed by atoms with Gasteiger partial charge in [-0.1, -0.05) is 55.5 Å². The summed E-state index contributed by atoms with van der Waals surface area (Å²) in [6.45, 7) is 17.5. The van der Waals surface area contributed by atoms with Crippen LogP contribution in [0.15, 0.2) is 48.6 Å². The molecular formula is C52H78O19S. The first-order valence-electron chi connectivity index (χ1n) is 26.1. The largest absolute Gasteiger partial charge is 0.397 e. The Balaban J connectivity index is 0.857. The highest BCUT2D eigenvalue weighted by Crippen LogP contribution is 2.51. The van der Waals surface area contributed by atoms with Gasteiger partial charge in [-0.25, -0.2) is 4.18 Å². The molecule has 23 atom stereocenters. The molecule has 0 saturated carbocycles. The van der Waals surface area contributed by atoms with Crippen LogP contribution in [0, 0.1) is 5.92 Å². The van der Waals surface area contributed by atoms with E-state index in [4.69, 9.17) is 46.8 Å². The second-order valence-electron chi connectivity index (χ2n) is 23.0. The zero-order valence-electron chi connectivity index (χ0n) is 42.2. The maximum Gasteiger partial charge on any atom is 0.397 e. The first-order valence-corrected chi connectivity index (χ1v) is 27.4. The van der Waals surface area contributed by atoms with Crippen LogP contribution < -0.4 is 0 Å². The van der Waals surface area contributed by atoms with Gasteiger partial charge in [0.05, 0.1) is 103 Å². The number of Topliss-reactive ketones (excluding diaryl/α,β-unsaturated/α-hetero) is 1. The summed E-state index contributed by atoms with van der Waals surface area (Å²) in [7, 11) is -5.16. The van der Waals surface area contributed by atoms with Crippen LogP contribution in [0.2, 0.25) is 0 Å². The number of aliphatic hydroxyl groups is 5. The van der Waals surface area contributed by atoms with E-state index in [1.807, 2.05) is 26.0 Å². The molecule has 0 amide bonds. The maximum atomic E-state index is 13.0. The summed E-state index contributed by atoms with van der Waals surface area (Å²) in [5.41, 5.74) is -0.684. The molecular weight excluding hydrogens is 961 g/mol. The summed E-state index contributed by atoms with van der Waals surface area (Å²) in [6.07, 6.45) is -0.805. The van der Waals surface area contributed by atoms with Gasteiger partial charge in [-0.05, 0) is 78.6 Å². The Bertz CT molecular complexity index is 2170. The number of aliphatic hydroxyl groups excluding tert-OH is 4. The molecule has 6 N–H and O–H groups in total. The number of rotatable bonds is 12. The molecule has 0 aromatic carbocycles. The maximum absolute atomic E-state index is 13.0. The zero-order chi connectivity index (χ0) is 51.7. The van der Waals surface area contributed by atoms with Gasteiger partial charge < -0.3 is 68.2 Å². The highest BCUT2D eigenvalue weighted by atomic mass is 32.3. The fourth-order valence-corrected chi connectivity index (χ4v) is 13.8. The molecule has 20 heteroatoms. The van der Waals surface area contributed by atoms with Gasteiger partial charge in [0.25, 0.3) is 0 Å². The molecule has 8 fully saturated rings. The Morgan fingerprint density at radius 1 is 0.819 bits per heavy atom. The zero-order valence-corrected chi connectivity index (χ0v) is 43.0. The molecule has 0 bridgehead atoms. The van der Waals surface area contributed by atoms with Gasteiger partial charge >= 0.3 is 10.4 Å². The second-order valence-corrected chi connectivity index (χ2v) is 24.1. The molecule has 0 spiro atoms. The third-order valence-electron chi connectivity index (χ3n) is 17.2. The summed E-state index contributed by atoms with van der Waals surface area (Å²) in [5.74, 6) is -2.50. The van der Waals surface area contributed by atoms with Crippen molar-refractivity contribution in [3.8, 4) is 0 Å². The lowest BCUT2D eigenvalue weighted by molar-refractivity contribution is -0.372. The van der Waals surface area contributed by atoms with Crippen LogP contribution in [-0.2, 0) is 62.0 Å². The van der Waals surface area contributed by atoms with Crippen LogP contribution in [0.3, 0.4) is 0 Å². The van der Waals surface area contributed by atoms with Crippen molar-refractivity contribution in [2.24, 2.45) is 5.92 Å². The molecule has 0 radical (unpaired) electrons. The smallest absolute Gasteiger partial charge is 0.394 e. The predicted molar refractivity (Wildman–Crippen MR) is 256 cm³/mol. The number of hydrogen-bond donors (Lipinski definition) is 6. The molecule has 72 heavy (non-hydrogen) atoms. The van der Waals surface area contributed by atoms with Crippen molar-refractivity contribution < 1.29 is 90.1 Å². The minimum Gasteiger partial charge on any atom is -0.394 e. The van der Waals surface area contributed by atoms with Gasteiger partial charge in [0.15, 0.2) is 5.79 Å². The summed E-state index contributed by atoms with van der Waals surface area (Å²) >= 11 is 0. The molecule has 9 heterocycles. The number of ketones is 1. The van der Waals surface area contributed by atoms with Gasteiger partial charge in [0.1, 0.15) is 36.3 Å². The van der Waals surface area contributed by atoms with E-state index < -0.39 is 113 Å². The van der Waals surface area contributed by atoms with Gasteiger partial charge in [-0.3, -0.25) is 9.35 Å². The Morgan fingerprint density at radius 2 is 1.51 bits per heavy atom. The number of carbonyl (C=O) groups excluding carboxylic acids is 1. The molecule has 23 unspecified atom stereocenters. The lowest BCUT2D eigenvalue weighted by atomic mass is 9.79. The number of allylic oxidation sites excluding steroid dienone is 3. The van der Waals surface area contributed by atoms with E-state index >= 15 is 0 Å². The lowest BCUT2D eigenvalue weighted by Crippen LogP contribution is -2.69. The van der Waals surface area contributed by atoms with Crippen molar-refractivity contribution in [2.45, 2.75) is 257 Å². The van der Waals surface area contributed by atoms with E-state index in [-0.39, 0.29) is 67.3 Å². The topological polar surface area (TPSA) is 265 Å². The standard InChI is InChI=1S/C52H78O19S/c1-8-27(2)10-9-11-30(54)18-42(56)49(5)22-28(3)23-50(6)44(70-49)21-37-38(68-50)20-39-45(66-37)29(4)12-13-35-32(62-39)16-17-43-51(7,67-35)25-41-34(64-43)15-14-33-36(63-41)19-40-46(65-33)47(71-72(59,60)61)48(57)52(58,69-40)24-31(55)26-53/h8,10,14-15,29,31-48,53,55-58H,1,3,9,11-13,16-26H2,2,4-7H3,(H,59,60,61). The average molecular weight is 1040 g/mol. The van der Waals surface area contributed by atoms with Crippen LogP contribution in [0.25, 0.3) is 0 Å². The van der Waals surface area contributed by atoms with E-state index in [1.54, 1.807) is 12.2 Å². The molecule has 0 aromatic rings. The molecule has 9 aliphatic rings. The minimum atomic E-state index is -5.16. The predicted octanol–water partition coefficient (Wildman–Crippen LogP) is 3.56. The second kappa shape index (κ2) is 21.1. The number of ether oxygens (including phenoxy) is 9. The molecule has 0 aliphatic carbocycles. The molecule has 19 nitrogen and oxygen atoms in total. The summed E-state index contributed by atoms with van der Waals surface area (Å²) in [5, 5.41) is 53.8. The molecule has 406 valence electrons. The number of hydrogen-bond acceptors (Lipinski definition) is 18. The van der Waals surface area contributed by atoms with Crippen molar-refractivity contribution in [3.05, 3.63) is 48.6 Å². The van der Waals surface area contributed by atoms with Gasteiger partial charge in [0.2, 0.25) is 0 Å². The van der Waals surface area contributed by atoms with Gasteiger partial charge in [-0.15, -0.1) is 0 Å². The fraction of sp³-hybridized carbons (Fsp3) is 0.827. The normalized spacial score (nSPS) is 48.3. The van der Waals surface area contributed by atoms with Crippen molar-refractivity contribution in [1.82, 2.24) is 0 Å². The molecule has 9 rings (SSSR count). The number of fused-ring (bicyclic) bond motifs is 8. The monoisotopic (exact) mass is 1040 g/mol. The SMILES string of the molecule is C=CC(C)=CCCC(=O)CC(O)C1(C)CC(=C)CC2(C)OC3CC4OC5CCC6OC7C=CC8OC9C(CC8OC7CC6(C)OC5CCC(C)C4OC3CC2O1)OC(O)(CC(O)CO)C(O)C9OS(=O)(=O)O. The highest BCUT2D eigenvalue weighted by molar-refractivity contribution is 7.80. The van der Waals surface area contributed by atoms with Crippen LogP contribution in [0.5, 0.6) is 0 Å². The van der Waals surface area contributed by atoms with E-state index in [1.165, 1.54) is 0 Å².